The quantitative estimate of drug-likeness (QED) is 0.485. The van der Waals surface area contributed by atoms with E-state index in [1.165, 1.54) is 0 Å². The van der Waals surface area contributed by atoms with Crippen LogP contribution in [0.2, 0.25) is 5.02 Å². The van der Waals surface area contributed by atoms with E-state index in [-0.39, 0.29) is 30.8 Å². The first-order valence-corrected chi connectivity index (χ1v) is 10.4. The lowest BCUT2D eigenvalue weighted by atomic mass is 9.98. The zero-order chi connectivity index (χ0) is 22.1. The van der Waals surface area contributed by atoms with Crippen molar-refractivity contribution < 1.29 is 23.9 Å². The number of halogens is 1. The maximum atomic E-state index is 12.7. The summed E-state index contributed by atoms with van der Waals surface area (Å²) in [6, 6.07) is 5.25. The lowest BCUT2D eigenvalue weighted by Crippen LogP contribution is -2.51. The Bertz CT molecular complexity index is 771. The second-order valence-corrected chi connectivity index (χ2v) is 8.23. The minimum absolute atomic E-state index is 0.0101. The average Bonchev–Trinajstić information content (AvgIpc) is 3.09. The molecule has 0 unspecified atom stereocenters. The van der Waals surface area contributed by atoms with E-state index < -0.39 is 24.1 Å². The first kappa shape index (κ1) is 23.7. The van der Waals surface area contributed by atoms with Crippen LogP contribution in [0.4, 0.5) is 4.79 Å². The standard InChI is InChI=1S/C21H28ClN3O5/c1-13(2)8-18(25-21(29)30-12-14-4-3-5-16(22)9-14)20(28)24-17(11-26)10-15-6-7-23-19(15)27/h3-5,9,11,13,15,17-18H,6-8,10,12H2,1-2H3,(H,23,27)(H,24,28)(H,25,29)/t15-,17-,18-/m0/s1. The summed E-state index contributed by atoms with van der Waals surface area (Å²) >= 11 is 5.91. The molecule has 0 bridgehead atoms. The molecular weight excluding hydrogens is 410 g/mol. The van der Waals surface area contributed by atoms with Gasteiger partial charge in [0.15, 0.2) is 0 Å². The van der Waals surface area contributed by atoms with E-state index in [4.69, 9.17) is 16.3 Å². The second-order valence-electron chi connectivity index (χ2n) is 7.80. The number of amides is 3. The van der Waals surface area contributed by atoms with Crippen LogP contribution in [-0.2, 0) is 25.7 Å². The van der Waals surface area contributed by atoms with Gasteiger partial charge in [0.1, 0.15) is 18.9 Å². The van der Waals surface area contributed by atoms with Crippen LogP contribution in [-0.4, -0.2) is 42.8 Å². The summed E-state index contributed by atoms with van der Waals surface area (Å²) in [4.78, 5) is 48.0. The van der Waals surface area contributed by atoms with Crippen LogP contribution in [0.3, 0.4) is 0 Å². The third-order valence-electron chi connectivity index (χ3n) is 4.77. The molecule has 1 heterocycles. The number of benzene rings is 1. The lowest BCUT2D eigenvalue weighted by Gasteiger charge is -2.23. The first-order chi connectivity index (χ1) is 14.3. The SMILES string of the molecule is CC(C)C[C@H](NC(=O)OCc1cccc(Cl)c1)C(=O)N[C@H](C=O)C[C@@H]1CCNC1=O. The van der Waals surface area contributed by atoms with Gasteiger partial charge < -0.3 is 25.5 Å². The Morgan fingerprint density at radius 3 is 2.70 bits per heavy atom. The van der Waals surface area contributed by atoms with Crippen LogP contribution < -0.4 is 16.0 Å². The molecule has 1 aromatic carbocycles. The van der Waals surface area contributed by atoms with Gasteiger partial charge in [-0.1, -0.05) is 37.6 Å². The Kier molecular flexibility index (Phi) is 9.11. The summed E-state index contributed by atoms with van der Waals surface area (Å²) in [5.41, 5.74) is 0.721. The van der Waals surface area contributed by atoms with Crippen LogP contribution in [0.5, 0.6) is 0 Å². The minimum atomic E-state index is -0.864. The Labute approximate surface area is 181 Å². The van der Waals surface area contributed by atoms with Gasteiger partial charge in [-0.2, -0.15) is 0 Å². The van der Waals surface area contributed by atoms with Gasteiger partial charge in [0, 0.05) is 17.5 Å². The molecule has 9 heteroatoms. The fraction of sp³-hybridized carbons (Fsp3) is 0.524. The molecule has 30 heavy (non-hydrogen) atoms. The zero-order valence-corrected chi connectivity index (χ0v) is 17.9. The summed E-state index contributed by atoms with van der Waals surface area (Å²) < 4.78 is 5.19. The van der Waals surface area contributed by atoms with Crippen molar-refractivity contribution in [2.24, 2.45) is 11.8 Å². The molecule has 0 aliphatic carbocycles. The highest BCUT2D eigenvalue weighted by Crippen LogP contribution is 2.16. The van der Waals surface area contributed by atoms with Crippen LogP contribution >= 0.6 is 11.6 Å². The molecular formula is C21H28ClN3O5. The number of aldehydes is 1. The van der Waals surface area contributed by atoms with Gasteiger partial charge in [-0.3, -0.25) is 9.59 Å². The van der Waals surface area contributed by atoms with E-state index in [9.17, 15) is 19.2 Å². The van der Waals surface area contributed by atoms with Crippen molar-refractivity contribution in [3.05, 3.63) is 34.9 Å². The van der Waals surface area contributed by atoms with Gasteiger partial charge in [-0.15, -0.1) is 0 Å². The number of carbonyl (C=O) groups is 4. The zero-order valence-electron chi connectivity index (χ0n) is 17.2. The van der Waals surface area contributed by atoms with Crippen molar-refractivity contribution in [2.45, 2.75) is 51.8 Å². The molecule has 1 aliphatic rings. The van der Waals surface area contributed by atoms with E-state index in [1.807, 2.05) is 13.8 Å². The number of nitrogens with one attached hydrogen (secondary N) is 3. The van der Waals surface area contributed by atoms with Crippen molar-refractivity contribution in [3.63, 3.8) is 0 Å². The number of rotatable bonds is 10. The maximum Gasteiger partial charge on any atom is 0.408 e. The van der Waals surface area contributed by atoms with Crippen molar-refractivity contribution in [1.82, 2.24) is 16.0 Å². The highest BCUT2D eigenvalue weighted by Gasteiger charge is 2.30. The molecule has 3 atom stereocenters. The average molecular weight is 438 g/mol. The van der Waals surface area contributed by atoms with Crippen molar-refractivity contribution in [1.29, 1.82) is 0 Å². The first-order valence-electron chi connectivity index (χ1n) is 9.99. The molecule has 1 fully saturated rings. The number of alkyl carbamates (subject to hydrolysis) is 1. The summed E-state index contributed by atoms with van der Waals surface area (Å²) in [6.07, 6.45) is 1.10. The summed E-state index contributed by atoms with van der Waals surface area (Å²) in [7, 11) is 0. The van der Waals surface area contributed by atoms with Crippen LogP contribution in [0.25, 0.3) is 0 Å². The Balaban J connectivity index is 1.92. The number of carbonyl (C=O) groups excluding carboxylic acids is 4. The van der Waals surface area contributed by atoms with E-state index in [1.54, 1.807) is 24.3 Å². The van der Waals surface area contributed by atoms with E-state index in [2.05, 4.69) is 16.0 Å². The molecule has 2 rings (SSSR count). The lowest BCUT2D eigenvalue weighted by molar-refractivity contribution is -0.127. The highest BCUT2D eigenvalue weighted by atomic mass is 35.5. The predicted octanol–water partition coefficient (Wildman–Crippen LogP) is 2.19. The number of ether oxygens (including phenoxy) is 1. The molecule has 3 N–H and O–H groups in total. The van der Waals surface area contributed by atoms with Crippen LogP contribution in [0.1, 0.15) is 38.7 Å². The molecule has 8 nitrogen and oxygen atoms in total. The fourth-order valence-electron chi connectivity index (χ4n) is 3.27. The summed E-state index contributed by atoms with van der Waals surface area (Å²) in [6.45, 7) is 4.41. The monoisotopic (exact) mass is 437 g/mol. The van der Waals surface area contributed by atoms with Gasteiger partial charge in [0.05, 0.1) is 6.04 Å². The fourth-order valence-corrected chi connectivity index (χ4v) is 3.48. The van der Waals surface area contributed by atoms with Gasteiger partial charge in [-0.05, 0) is 42.9 Å². The maximum absolute atomic E-state index is 12.7. The molecule has 0 radical (unpaired) electrons. The summed E-state index contributed by atoms with van der Waals surface area (Å²) in [5.74, 6) is -0.791. The second kappa shape index (κ2) is 11.5. The Hall–Kier alpha value is -2.61. The molecule has 1 aliphatic heterocycles. The normalized spacial score (nSPS) is 17.7. The van der Waals surface area contributed by atoms with Gasteiger partial charge >= 0.3 is 6.09 Å². The molecule has 1 saturated heterocycles. The Morgan fingerprint density at radius 1 is 1.33 bits per heavy atom. The summed E-state index contributed by atoms with van der Waals surface area (Å²) in [5, 5.41) is 8.44. The Morgan fingerprint density at radius 2 is 2.10 bits per heavy atom. The van der Waals surface area contributed by atoms with Gasteiger partial charge in [-0.25, -0.2) is 4.79 Å². The van der Waals surface area contributed by atoms with Gasteiger partial charge in [0.25, 0.3) is 0 Å². The number of hydrogen-bond acceptors (Lipinski definition) is 5. The van der Waals surface area contributed by atoms with Gasteiger partial charge in [0.2, 0.25) is 11.8 Å². The van der Waals surface area contributed by atoms with E-state index in [0.29, 0.717) is 30.7 Å². The highest BCUT2D eigenvalue weighted by molar-refractivity contribution is 6.30. The smallest absolute Gasteiger partial charge is 0.408 e. The van der Waals surface area contributed by atoms with Crippen molar-refractivity contribution in [2.75, 3.05) is 6.54 Å². The molecule has 0 spiro atoms. The molecule has 164 valence electrons. The minimum Gasteiger partial charge on any atom is -0.445 e. The van der Waals surface area contributed by atoms with Crippen molar-refractivity contribution in [3.8, 4) is 0 Å². The molecule has 0 aromatic heterocycles. The molecule has 1 aromatic rings. The molecule has 0 saturated carbocycles. The molecule has 3 amide bonds. The third kappa shape index (κ3) is 7.67. The van der Waals surface area contributed by atoms with Crippen molar-refractivity contribution >= 4 is 35.8 Å². The van der Waals surface area contributed by atoms with E-state index >= 15 is 0 Å². The third-order valence-corrected chi connectivity index (χ3v) is 5.00. The topological polar surface area (TPSA) is 114 Å². The van der Waals surface area contributed by atoms with E-state index in [0.717, 1.165) is 5.56 Å². The van der Waals surface area contributed by atoms with Crippen LogP contribution in [0.15, 0.2) is 24.3 Å². The largest absolute Gasteiger partial charge is 0.445 e. The van der Waals surface area contributed by atoms with Crippen LogP contribution in [0, 0.1) is 11.8 Å². The predicted molar refractivity (Wildman–Crippen MR) is 112 cm³/mol. The number of hydrogen-bond donors (Lipinski definition) is 3.